The van der Waals surface area contributed by atoms with Crippen LogP contribution in [0.15, 0.2) is 30.3 Å². The van der Waals surface area contributed by atoms with E-state index in [2.05, 4.69) is 17.4 Å². The van der Waals surface area contributed by atoms with Gasteiger partial charge in [-0.3, -0.25) is 9.59 Å². The van der Waals surface area contributed by atoms with Crippen LogP contribution in [0, 0.1) is 11.8 Å². The van der Waals surface area contributed by atoms with E-state index in [4.69, 9.17) is 5.11 Å². The second-order valence-electron chi connectivity index (χ2n) is 5.26. The van der Waals surface area contributed by atoms with Crippen LogP contribution in [-0.2, 0) is 16.0 Å². The van der Waals surface area contributed by atoms with E-state index in [1.165, 1.54) is 5.56 Å². The largest absolute Gasteiger partial charge is 0.481 e. The van der Waals surface area contributed by atoms with E-state index in [9.17, 15) is 9.59 Å². The van der Waals surface area contributed by atoms with E-state index < -0.39 is 11.9 Å². The Morgan fingerprint density at radius 3 is 2.40 bits per heavy atom. The van der Waals surface area contributed by atoms with Gasteiger partial charge in [0.25, 0.3) is 0 Å². The zero-order valence-electron chi connectivity index (χ0n) is 12.1. The zero-order valence-corrected chi connectivity index (χ0v) is 12.1. The molecule has 0 aliphatic carbocycles. The molecule has 2 unspecified atom stereocenters. The Morgan fingerprint density at radius 1 is 1.15 bits per heavy atom. The molecule has 0 saturated carbocycles. The molecule has 0 fully saturated rings. The van der Waals surface area contributed by atoms with Gasteiger partial charge in [-0.1, -0.05) is 44.2 Å². The van der Waals surface area contributed by atoms with Crippen LogP contribution in [0.25, 0.3) is 0 Å². The Morgan fingerprint density at radius 2 is 1.80 bits per heavy atom. The van der Waals surface area contributed by atoms with E-state index in [0.29, 0.717) is 0 Å². The number of carboxylic acid groups (broad SMARTS) is 1. The van der Waals surface area contributed by atoms with E-state index >= 15 is 0 Å². The first-order valence-electron chi connectivity index (χ1n) is 7.05. The molecule has 0 aliphatic heterocycles. The van der Waals surface area contributed by atoms with Gasteiger partial charge in [0.2, 0.25) is 5.91 Å². The van der Waals surface area contributed by atoms with Crippen LogP contribution in [0.2, 0.25) is 0 Å². The average molecular weight is 277 g/mol. The van der Waals surface area contributed by atoms with Crippen molar-refractivity contribution in [1.82, 2.24) is 5.32 Å². The first-order chi connectivity index (χ1) is 9.50. The van der Waals surface area contributed by atoms with Crippen molar-refractivity contribution in [2.75, 3.05) is 6.54 Å². The SMILES string of the molecule is CC(CNC(=O)C(C)CCCc1ccccc1)C(=O)O. The molecule has 1 amide bonds. The van der Waals surface area contributed by atoms with Gasteiger partial charge in [0.15, 0.2) is 0 Å². The van der Waals surface area contributed by atoms with Gasteiger partial charge in [-0.05, 0) is 24.8 Å². The Hall–Kier alpha value is -1.84. The molecule has 0 aromatic heterocycles. The Bertz CT molecular complexity index is 431. The molecule has 0 bridgehead atoms. The van der Waals surface area contributed by atoms with E-state index in [-0.39, 0.29) is 18.4 Å². The monoisotopic (exact) mass is 277 g/mol. The van der Waals surface area contributed by atoms with Crippen LogP contribution in [0.5, 0.6) is 0 Å². The van der Waals surface area contributed by atoms with Crippen LogP contribution >= 0.6 is 0 Å². The minimum absolute atomic E-state index is 0.0637. The Labute approximate surface area is 120 Å². The highest BCUT2D eigenvalue weighted by Gasteiger charge is 2.16. The quantitative estimate of drug-likeness (QED) is 0.767. The van der Waals surface area contributed by atoms with Gasteiger partial charge in [-0.15, -0.1) is 0 Å². The number of rotatable bonds is 8. The molecule has 1 aromatic rings. The highest BCUT2D eigenvalue weighted by Crippen LogP contribution is 2.10. The number of nitrogens with one attached hydrogen (secondary N) is 1. The molecule has 4 heteroatoms. The summed E-state index contributed by atoms with van der Waals surface area (Å²) >= 11 is 0. The van der Waals surface area contributed by atoms with Crippen molar-refractivity contribution in [3.8, 4) is 0 Å². The van der Waals surface area contributed by atoms with E-state index in [1.807, 2.05) is 25.1 Å². The molecule has 0 radical (unpaired) electrons. The maximum atomic E-state index is 11.8. The van der Waals surface area contributed by atoms with E-state index in [0.717, 1.165) is 19.3 Å². The lowest BCUT2D eigenvalue weighted by Crippen LogP contribution is -2.34. The van der Waals surface area contributed by atoms with Crippen LogP contribution < -0.4 is 5.32 Å². The third-order valence-corrected chi connectivity index (χ3v) is 3.40. The van der Waals surface area contributed by atoms with Crippen LogP contribution in [-0.4, -0.2) is 23.5 Å². The summed E-state index contributed by atoms with van der Waals surface area (Å²) in [6, 6.07) is 10.2. The number of hydrogen-bond acceptors (Lipinski definition) is 2. The van der Waals surface area contributed by atoms with Gasteiger partial charge >= 0.3 is 5.97 Å². The molecule has 0 heterocycles. The lowest BCUT2D eigenvalue weighted by molar-refractivity contribution is -0.141. The number of aliphatic carboxylic acids is 1. The summed E-state index contributed by atoms with van der Waals surface area (Å²) in [5.74, 6) is -1.58. The van der Waals surface area contributed by atoms with Gasteiger partial charge in [0.05, 0.1) is 5.92 Å². The predicted molar refractivity (Wildman–Crippen MR) is 78.4 cm³/mol. The number of carbonyl (C=O) groups is 2. The maximum Gasteiger partial charge on any atom is 0.308 e. The average Bonchev–Trinajstić information content (AvgIpc) is 2.45. The molecule has 110 valence electrons. The highest BCUT2D eigenvalue weighted by atomic mass is 16.4. The Kier molecular flexibility index (Phi) is 6.77. The summed E-state index contributed by atoms with van der Waals surface area (Å²) in [5, 5.41) is 11.4. The molecule has 1 aromatic carbocycles. The van der Waals surface area contributed by atoms with Crippen LogP contribution in [0.3, 0.4) is 0 Å². The number of carboxylic acids is 1. The van der Waals surface area contributed by atoms with Gasteiger partial charge in [0.1, 0.15) is 0 Å². The third-order valence-electron chi connectivity index (χ3n) is 3.40. The zero-order chi connectivity index (χ0) is 15.0. The molecule has 20 heavy (non-hydrogen) atoms. The first kappa shape index (κ1) is 16.2. The topological polar surface area (TPSA) is 66.4 Å². The summed E-state index contributed by atoms with van der Waals surface area (Å²) in [4.78, 5) is 22.5. The van der Waals surface area contributed by atoms with Crippen molar-refractivity contribution in [3.63, 3.8) is 0 Å². The van der Waals surface area contributed by atoms with Crippen LogP contribution in [0.4, 0.5) is 0 Å². The fourth-order valence-corrected chi connectivity index (χ4v) is 1.90. The van der Waals surface area contributed by atoms with Crippen molar-refractivity contribution in [3.05, 3.63) is 35.9 Å². The molecular formula is C16H23NO3. The molecule has 0 aliphatic rings. The Balaban J connectivity index is 2.23. The summed E-state index contributed by atoms with van der Waals surface area (Å²) in [7, 11) is 0. The fraction of sp³-hybridized carbons (Fsp3) is 0.500. The number of benzene rings is 1. The standard InChI is InChI=1S/C16H23NO3/c1-12(15(18)17-11-13(2)16(19)20)7-6-10-14-8-4-3-5-9-14/h3-5,8-9,12-13H,6-7,10-11H2,1-2H3,(H,17,18)(H,19,20). The van der Waals surface area contributed by atoms with E-state index in [1.54, 1.807) is 6.92 Å². The summed E-state index contributed by atoms with van der Waals surface area (Å²) in [6.45, 7) is 3.66. The molecule has 2 N–H and O–H groups in total. The second kappa shape index (κ2) is 8.35. The minimum atomic E-state index is -0.887. The van der Waals surface area contributed by atoms with Crippen molar-refractivity contribution < 1.29 is 14.7 Å². The van der Waals surface area contributed by atoms with Crippen LogP contribution in [0.1, 0.15) is 32.3 Å². The fourth-order valence-electron chi connectivity index (χ4n) is 1.90. The molecule has 1 rings (SSSR count). The highest BCUT2D eigenvalue weighted by molar-refractivity contribution is 5.79. The van der Waals surface area contributed by atoms with Gasteiger partial charge in [-0.2, -0.15) is 0 Å². The van der Waals surface area contributed by atoms with Gasteiger partial charge < -0.3 is 10.4 Å². The first-order valence-corrected chi connectivity index (χ1v) is 7.05. The minimum Gasteiger partial charge on any atom is -0.481 e. The lowest BCUT2D eigenvalue weighted by Gasteiger charge is -2.13. The number of hydrogen-bond donors (Lipinski definition) is 2. The number of amides is 1. The van der Waals surface area contributed by atoms with Crippen molar-refractivity contribution in [2.24, 2.45) is 11.8 Å². The maximum absolute atomic E-state index is 11.8. The van der Waals surface area contributed by atoms with Crippen molar-refractivity contribution in [1.29, 1.82) is 0 Å². The molecule has 4 nitrogen and oxygen atoms in total. The molecule has 2 atom stereocenters. The number of carbonyl (C=O) groups excluding carboxylic acids is 1. The normalized spacial score (nSPS) is 13.5. The van der Waals surface area contributed by atoms with Gasteiger partial charge in [-0.25, -0.2) is 0 Å². The van der Waals surface area contributed by atoms with Gasteiger partial charge in [0, 0.05) is 12.5 Å². The molecular weight excluding hydrogens is 254 g/mol. The van der Waals surface area contributed by atoms with Crippen molar-refractivity contribution >= 4 is 11.9 Å². The second-order valence-corrected chi connectivity index (χ2v) is 5.26. The number of aryl methyl sites for hydroxylation is 1. The summed E-state index contributed by atoms with van der Waals surface area (Å²) in [5.41, 5.74) is 1.28. The smallest absolute Gasteiger partial charge is 0.308 e. The summed E-state index contributed by atoms with van der Waals surface area (Å²) < 4.78 is 0. The third kappa shape index (κ3) is 5.87. The molecule has 0 saturated heterocycles. The lowest BCUT2D eigenvalue weighted by atomic mass is 10.00. The molecule has 0 spiro atoms. The summed E-state index contributed by atoms with van der Waals surface area (Å²) in [6.07, 6.45) is 2.72. The predicted octanol–water partition coefficient (Wildman–Crippen LogP) is 2.48. The van der Waals surface area contributed by atoms with Crippen molar-refractivity contribution in [2.45, 2.75) is 33.1 Å².